The van der Waals surface area contributed by atoms with E-state index in [1.165, 1.54) is 122 Å². The van der Waals surface area contributed by atoms with Gasteiger partial charge in [0.05, 0.1) is 6.61 Å². The molecule has 0 radical (unpaired) electrons. The van der Waals surface area contributed by atoms with Gasteiger partial charge in [-0.2, -0.15) is 0 Å². The second-order valence-corrected chi connectivity index (χ2v) is 18.1. The van der Waals surface area contributed by atoms with Gasteiger partial charge < -0.3 is 14.2 Å². The number of unbranched alkanes of at least 4 members (excludes halogenated alkanes) is 23. The Kier molecular flexibility index (Phi) is 53.4. The highest BCUT2D eigenvalue weighted by Crippen LogP contribution is 2.15. The molecule has 0 aliphatic heterocycles. The summed E-state index contributed by atoms with van der Waals surface area (Å²) in [6.45, 7) is 7.53. The van der Waals surface area contributed by atoms with Crippen molar-refractivity contribution in [1.29, 1.82) is 0 Å². The maximum atomic E-state index is 12.8. The topological polar surface area (TPSA) is 61.8 Å². The van der Waals surface area contributed by atoms with E-state index in [1.807, 2.05) is 6.08 Å². The van der Waals surface area contributed by atoms with Crippen LogP contribution in [0.5, 0.6) is 0 Å². The number of ether oxygens (including phenoxy) is 3. The van der Waals surface area contributed by atoms with Gasteiger partial charge in [0.1, 0.15) is 6.61 Å². The third kappa shape index (κ3) is 53.4. The van der Waals surface area contributed by atoms with Crippen LogP contribution in [-0.4, -0.2) is 37.9 Å². The van der Waals surface area contributed by atoms with Gasteiger partial charge in [-0.25, -0.2) is 0 Å². The van der Waals surface area contributed by atoms with E-state index >= 15 is 0 Å². The standard InChI is InChI=1S/C61H104O5/c1-4-7-10-13-16-19-22-25-27-29-31-32-34-37-39-42-45-48-51-54-60(62)65-58-59(66-61(63)55-52-49-46-43-40-36-24-21-18-15-12-9-6-3)57-64-56-53-50-47-44-41-38-35-33-30-28-26-23-20-17-14-11-8-5-2/h7,9-10,12,16,18-19,21,25,27,31-32,36,40,46,49,59H,4-6,8,11,13-15,17,20,22-24,26,28-30,33-35,37-39,41-45,47-48,50-58H2,1-3H3/b10-7-,12-9-,19-16-,21-18-,27-25-,32-31-,40-36-,49-46-. The van der Waals surface area contributed by atoms with Crippen LogP contribution in [0.4, 0.5) is 0 Å². The van der Waals surface area contributed by atoms with Gasteiger partial charge in [-0.05, 0) is 83.5 Å². The Hall–Kier alpha value is -3.18. The van der Waals surface area contributed by atoms with Crippen molar-refractivity contribution < 1.29 is 23.8 Å². The summed E-state index contributed by atoms with van der Waals surface area (Å²) in [6.07, 6.45) is 75.9. The fraction of sp³-hybridized carbons (Fsp3) is 0.705. The number of carbonyl (C=O) groups excluding carboxylic acids is 2. The molecule has 0 saturated heterocycles. The Morgan fingerprint density at radius 2 is 0.712 bits per heavy atom. The molecule has 0 fully saturated rings. The quantitative estimate of drug-likeness (QED) is 0.0346. The first-order valence-electron chi connectivity index (χ1n) is 27.8. The molecule has 0 aromatic carbocycles. The molecular formula is C61H104O5. The number of carbonyl (C=O) groups is 2. The van der Waals surface area contributed by atoms with Gasteiger partial charge >= 0.3 is 11.9 Å². The molecule has 378 valence electrons. The summed E-state index contributed by atoms with van der Waals surface area (Å²) in [5.74, 6) is -0.504. The zero-order chi connectivity index (χ0) is 47.7. The predicted octanol–water partition coefficient (Wildman–Crippen LogP) is 19.0. The summed E-state index contributed by atoms with van der Waals surface area (Å²) < 4.78 is 17.4. The normalized spacial score (nSPS) is 13.0. The largest absolute Gasteiger partial charge is 0.462 e. The van der Waals surface area contributed by atoms with E-state index in [-0.39, 0.29) is 25.2 Å². The third-order valence-corrected chi connectivity index (χ3v) is 11.6. The predicted molar refractivity (Wildman–Crippen MR) is 288 cm³/mol. The zero-order valence-electron chi connectivity index (χ0n) is 43.4. The van der Waals surface area contributed by atoms with Crippen molar-refractivity contribution in [3.05, 3.63) is 97.2 Å². The monoisotopic (exact) mass is 917 g/mol. The van der Waals surface area contributed by atoms with Gasteiger partial charge in [-0.3, -0.25) is 9.59 Å². The minimum atomic E-state index is -0.584. The van der Waals surface area contributed by atoms with E-state index in [2.05, 4.69) is 112 Å². The van der Waals surface area contributed by atoms with Gasteiger partial charge in [0, 0.05) is 19.4 Å². The Labute approximate surface area is 409 Å². The van der Waals surface area contributed by atoms with Crippen LogP contribution in [0, 0.1) is 0 Å². The average molecular weight is 917 g/mol. The lowest BCUT2D eigenvalue weighted by atomic mass is 10.0. The van der Waals surface area contributed by atoms with Crippen LogP contribution in [0.1, 0.15) is 252 Å². The summed E-state index contributed by atoms with van der Waals surface area (Å²) in [7, 11) is 0. The molecule has 0 aromatic rings. The van der Waals surface area contributed by atoms with Crippen LogP contribution in [0.3, 0.4) is 0 Å². The highest BCUT2D eigenvalue weighted by Gasteiger charge is 2.17. The van der Waals surface area contributed by atoms with Gasteiger partial charge in [0.25, 0.3) is 0 Å². The van der Waals surface area contributed by atoms with Crippen molar-refractivity contribution in [3.63, 3.8) is 0 Å². The average Bonchev–Trinajstić information content (AvgIpc) is 3.32. The lowest BCUT2D eigenvalue weighted by Crippen LogP contribution is -2.30. The SMILES string of the molecule is CC/C=C\C/C=C\C/C=C\C/C=C\CCCCCCCCC(=O)OCC(COCCCCCCCCCCCCCCCCCCCC)OC(=O)CC/C=C\C/C=C\C/C=C\C/C=C\CC. The molecule has 0 heterocycles. The zero-order valence-corrected chi connectivity index (χ0v) is 43.4. The molecule has 0 aliphatic rings. The molecule has 0 saturated carbocycles. The van der Waals surface area contributed by atoms with Crippen LogP contribution in [0.15, 0.2) is 97.2 Å². The lowest BCUT2D eigenvalue weighted by molar-refractivity contribution is -0.162. The van der Waals surface area contributed by atoms with Crippen molar-refractivity contribution >= 4 is 11.9 Å². The van der Waals surface area contributed by atoms with Crippen molar-refractivity contribution in [1.82, 2.24) is 0 Å². The van der Waals surface area contributed by atoms with Crippen molar-refractivity contribution in [3.8, 4) is 0 Å². The fourth-order valence-electron chi connectivity index (χ4n) is 7.57. The van der Waals surface area contributed by atoms with E-state index in [9.17, 15) is 9.59 Å². The van der Waals surface area contributed by atoms with Gasteiger partial charge in [-0.1, -0.05) is 253 Å². The number of hydrogen-bond acceptors (Lipinski definition) is 5. The molecule has 0 aromatic heterocycles. The number of hydrogen-bond donors (Lipinski definition) is 0. The molecule has 0 bridgehead atoms. The summed E-state index contributed by atoms with van der Waals surface area (Å²) >= 11 is 0. The molecule has 0 N–H and O–H groups in total. The van der Waals surface area contributed by atoms with E-state index in [0.29, 0.717) is 25.9 Å². The molecule has 1 unspecified atom stereocenters. The minimum Gasteiger partial charge on any atom is -0.462 e. The molecular weight excluding hydrogens is 813 g/mol. The van der Waals surface area contributed by atoms with Crippen molar-refractivity contribution in [2.75, 3.05) is 19.8 Å². The molecule has 0 spiro atoms. The first-order valence-corrected chi connectivity index (χ1v) is 27.8. The summed E-state index contributed by atoms with van der Waals surface area (Å²) in [4.78, 5) is 25.4. The molecule has 1 atom stereocenters. The lowest BCUT2D eigenvalue weighted by Gasteiger charge is -2.18. The first kappa shape index (κ1) is 62.8. The molecule has 0 aliphatic carbocycles. The molecule has 0 amide bonds. The van der Waals surface area contributed by atoms with E-state index in [1.54, 1.807) is 0 Å². The van der Waals surface area contributed by atoms with Gasteiger partial charge in [-0.15, -0.1) is 0 Å². The Morgan fingerprint density at radius 3 is 1.15 bits per heavy atom. The highest BCUT2D eigenvalue weighted by atomic mass is 16.6. The second kappa shape index (κ2) is 56.1. The summed E-state index contributed by atoms with van der Waals surface area (Å²) in [5, 5.41) is 0. The fourth-order valence-corrected chi connectivity index (χ4v) is 7.57. The highest BCUT2D eigenvalue weighted by molar-refractivity contribution is 5.70. The van der Waals surface area contributed by atoms with Crippen LogP contribution in [0.2, 0.25) is 0 Å². The Morgan fingerprint density at radius 1 is 0.348 bits per heavy atom. The van der Waals surface area contributed by atoms with Crippen LogP contribution in [0.25, 0.3) is 0 Å². The minimum absolute atomic E-state index is 0.0466. The van der Waals surface area contributed by atoms with Crippen molar-refractivity contribution in [2.24, 2.45) is 0 Å². The summed E-state index contributed by atoms with van der Waals surface area (Å²) in [5.41, 5.74) is 0. The maximum Gasteiger partial charge on any atom is 0.306 e. The smallest absolute Gasteiger partial charge is 0.306 e. The van der Waals surface area contributed by atoms with E-state index < -0.39 is 6.10 Å². The summed E-state index contributed by atoms with van der Waals surface area (Å²) in [6, 6.07) is 0. The molecule has 66 heavy (non-hydrogen) atoms. The van der Waals surface area contributed by atoms with Crippen LogP contribution >= 0.6 is 0 Å². The van der Waals surface area contributed by atoms with Gasteiger partial charge in [0.2, 0.25) is 0 Å². The maximum absolute atomic E-state index is 12.8. The number of esters is 2. The molecule has 5 heteroatoms. The Balaban J connectivity index is 4.33. The van der Waals surface area contributed by atoms with E-state index in [0.717, 1.165) is 89.9 Å². The van der Waals surface area contributed by atoms with E-state index in [4.69, 9.17) is 14.2 Å². The Bertz CT molecular complexity index is 1270. The van der Waals surface area contributed by atoms with Crippen LogP contribution < -0.4 is 0 Å². The van der Waals surface area contributed by atoms with Crippen LogP contribution in [-0.2, 0) is 23.8 Å². The van der Waals surface area contributed by atoms with Gasteiger partial charge in [0.15, 0.2) is 6.10 Å². The van der Waals surface area contributed by atoms with Crippen molar-refractivity contribution in [2.45, 2.75) is 258 Å². The molecule has 0 rings (SSSR count). The number of rotatable bonds is 50. The first-order chi connectivity index (χ1) is 32.6. The molecule has 5 nitrogen and oxygen atoms in total. The second-order valence-electron chi connectivity index (χ2n) is 18.1. The number of allylic oxidation sites excluding steroid dienone is 16. The third-order valence-electron chi connectivity index (χ3n) is 11.6.